The summed E-state index contributed by atoms with van der Waals surface area (Å²) in [5.74, 6) is -0.312. The van der Waals surface area contributed by atoms with E-state index in [2.05, 4.69) is 19.9 Å². The SMILES string of the molecule is O=C(c1ccc[nH]c1=O)N1CCC[C@@H](n2c(=O)[nH]c3cnc4[nH]ccc4c32)C1. The molecule has 1 fully saturated rings. The van der Waals surface area contributed by atoms with Crippen molar-refractivity contribution in [2.75, 3.05) is 13.1 Å². The Kier molecular flexibility index (Phi) is 3.68. The van der Waals surface area contributed by atoms with Gasteiger partial charge in [0.25, 0.3) is 11.5 Å². The Balaban J connectivity index is 1.56. The number of imidazole rings is 1. The van der Waals surface area contributed by atoms with Crippen LogP contribution in [-0.4, -0.2) is 48.4 Å². The number of aromatic amines is 3. The van der Waals surface area contributed by atoms with E-state index in [-0.39, 0.29) is 23.2 Å². The standard InChI is InChI=1S/C19H18N6O3/c26-17-13(4-1-6-21-17)18(27)24-8-2-3-11(10-24)25-15-12-5-7-20-16(12)22-9-14(15)23-19(25)28/h1,4-7,9,11H,2-3,8,10H2,(H,20,22)(H,21,26)(H,23,28)/t11-/m1/s1. The zero-order chi connectivity index (χ0) is 19.3. The molecule has 28 heavy (non-hydrogen) atoms. The van der Waals surface area contributed by atoms with Crippen LogP contribution in [0.3, 0.4) is 0 Å². The van der Waals surface area contributed by atoms with E-state index in [1.54, 1.807) is 27.9 Å². The molecular formula is C19H18N6O3. The van der Waals surface area contributed by atoms with Crippen molar-refractivity contribution < 1.29 is 4.79 Å². The molecule has 0 radical (unpaired) electrons. The molecule has 0 saturated carbocycles. The van der Waals surface area contributed by atoms with Gasteiger partial charge in [-0.3, -0.25) is 14.2 Å². The van der Waals surface area contributed by atoms with Crippen LogP contribution in [-0.2, 0) is 0 Å². The van der Waals surface area contributed by atoms with Crippen LogP contribution in [0.25, 0.3) is 22.1 Å². The molecule has 4 aromatic rings. The molecule has 5 rings (SSSR count). The third-order valence-electron chi connectivity index (χ3n) is 5.36. The van der Waals surface area contributed by atoms with Gasteiger partial charge >= 0.3 is 5.69 Å². The zero-order valence-electron chi connectivity index (χ0n) is 14.9. The summed E-state index contributed by atoms with van der Waals surface area (Å²) < 4.78 is 1.72. The van der Waals surface area contributed by atoms with Crippen molar-refractivity contribution >= 4 is 28.0 Å². The van der Waals surface area contributed by atoms with Crippen molar-refractivity contribution in [1.82, 2.24) is 29.4 Å². The van der Waals surface area contributed by atoms with E-state index in [1.807, 2.05) is 6.07 Å². The Labute approximate surface area is 158 Å². The predicted molar refractivity (Wildman–Crippen MR) is 103 cm³/mol. The number of carbonyl (C=O) groups is 1. The summed E-state index contributed by atoms with van der Waals surface area (Å²) in [5.41, 5.74) is 1.65. The average Bonchev–Trinajstić information content (AvgIpc) is 3.31. The first-order valence-electron chi connectivity index (χ1n) is 9.17. The van der Waals surface area contributed by atoms with Gasteiger partial charge in [0.15, 0.2) is 0 Å². The second-order valence-corrected chi connectivity index (χ2v) is 7.02. The van der Waals surface area contributed by atoms with Gasteiger partial charge in [-0.1, -0.05) is 0 Å². The number of amides is 1. The lowest BCUT2D eigenvalue weighted by Crippen LogP contribution is -2.43. The van der Waals surface area contributed by atoms with E-state index >= 15 is 0 Å². The molecule has 1 aliphatic rings. The van der Waals surface area contributed by atoms with Crippen molar-refractivity contribution in [3.05, 3.63) is 63.2 Å². The van der Waals surface area contributed by atoms with Crippen molar-refractivity contribution in [3.63, 3.8) is 0 Å². The number of nitrogens with zero attached hydrogens (tertiary/aromatic N) is 3. The average molecular weight is 378 g/mol. The molecule has 142 valence electrons. The van der Waals surface area contributed by atoms with Gasteiger partial charge in [0.05, 0.1) is 23.3 Å². The molecule has 1 amide bonds. The Morgan fingerprint density at radius 2 is 2.07 bits per heavy atom. The molecule has 9 nitrogen and oxygen atoms in total. The van der Waals surface area contributed by atoms with Crippen LogP contribution in [0.5, 0.6) is 0 Å². The Morgan fingerprint density at radius 1 is 1.18 bits per heavy atom. The number of aromatic nitrogens is 5. The number of hydrogen-bond donors (Lipinski definition) is 3. The first-order valence-corrected chi connectivity index (χ1v) is 9.17. The molecule has 1 atom stereocenters. The van der Waals surface area contributed by atoms with Crippen LogP contribution < -0.4 is 11.2 Å². The number of likely N-dealkylation sites (tertiary alicyclic amines) is 1. The first kappa shape index (κ1) is 16.5. The molecule has 1 aliphatic heterocycles. The fourth-order valence-electron chi connectivity index (χ4n) is 4.08. The quantitative estimate of drug-likeness (QED) is 0.488. The molecule has 9 heteroatoms. The maximum atomic E-state index is 12.9. The van der Waals surface area contributed by atoms with Gasteiger partial charge in [-0.15, -0.1) is 0 Å². The fraction of sp³-hybridized carbons (Fsp3) is 0.263. The molecule has 4 aromatic heterocycles. The number of fused-ring (bicyclic) bond motifs is 3. The number of nitrogens with one attached hydrogen (secondary N) is 3. The first-order chi connectivity index (χ1) is 13.6. The number of piperidine rings is 1. The van der Waals surface area contributed by atoms with Gasteiger partial charge in [-0.05, 0) is 31.0 Å². The van der Waals surface area contributed by atoms with Crippen molar-refractivity contribution in [3.8, 4) is 0 Å². The van der Waals surface area contributed by atoms with Crippen LogP contribution in [0.15, 0.2) is 46.4 Å². The number of pyridine rings is 2. The maximum absolute atomic E-state index is 12.9. The number of rotatable bonds is 2. The van der Waals surface area contributed by atoms with Crippen molar-refractivity contribution in [2.24, 2.45) is 0 Å². The van der Waals surface area contributed by atoms with Gasteiger partial charge in [0.1, 0.15) is 11.2 Å². The summed E-state index contributed by atoms with van der Waals surface area (Å²) in [4.78, 5) is 52.0. The monoisotopic (exact) mass is 378 g/mol. The highest BCUT2D eigenvalue weighted by Gasteiger charge is 2.29. The molecule has 0 bridgehead atoms. The van der Waals surface area contributed by atoms with Crippen LogP contribution >= 0.6 is 0 Å². The highest BCUT2D eigenvalue weighted by atomic mass is 16.2. The Morgan fingerprint density at radius 3 is 2.93 bits per heavy atom. The lowest BCUT2D eigenvalue weighted by molar-refractivity contribution is 0.0678. The van der Waals surface area contributed by atoms with E-state index in [0.717, 1.165) is 23.7 Å². The summed E-state index contributed by atoms with van der Waals surface area (Å²) in [6.45, 7) is 0.927. The van der Waals surface area contributed by atoms with E-state index in [0.29, 0.717) is 24.3 Å². The number of H-pyrrole nitrogens is 3. The normalized spacial score (nSPS) is 17.4. The lowest BCUT2D eigenvalue weighted by Gasteiger charge is -2.33. The topological polar surface area (TPSA) is 120 Å². The highest BCUT2D eigenvalue weighted by molar-refractivity contribution is 6.01. The minimum Gasteiger partial charge on any atom is -0.346 e. The third kappa shape index (κ3) is 2.47. The van der Waals surface area contributed by atoms with Gasteiger partial charge in [0.2, 0.25) is 0 Å². The molecule has 0 unspecified atom stereocenters. The van der Waals surface area contributed by atoms with E-state index < -0.39 is 5.56 Å². The van der Waals surface area contributed by atoms with E-state index in [4.69, 9.17) is 0 Å². The molecule has 0 spiro atoms. The van der Waals surface area contributed by atoms with Crippen LogP contribution in [0.4, 0.5) is 0 Å². The largest absolute Gasteiger partial charge is 0.346 e. The number of hydrogen-bond acceptors (Lipinski definition) is 4. The van der Waals surface area contributed by atoms with Gasteiger partial charge < -0.3 is 19.9 Å². The fourth-order valence-corrected chi connectivity index (χ4v) is 4.08. The summed E-state index contributed by atoms with van der Waals surface area (Å²) in [6.07, 6.45) is 6.45. The Bertz CT molecular complexity index is 1310. The molecular weight excluding hydrogens is 360 g/mol. The minimum absolute atomic E-state index is 0.117. The number of carbonyl (C=O) groups excluding carboxylic acids is 1. The lowest BCUT2D eigenvalue weighted by atomic mass is 10.0. The van der Waals surface area contributed by atoms with Crippen LogP contribution in [0, 0.1) is 0 Å². The molecule has 0 aliphatic carbocycles. The Hall–Kier alpha value is -3.62. The van der Waals surface area contributed by atoms with Gasteiger partial charge in [-0.25, -0.2) is 9.78 Å². The van der Waals surface area contributed by atoms with Crippen LogP contribution in [0.2, 0.25) is 0 Å². The summed E-state index contributed by atoms with van der Waals surface area (Å²) in [6, 6.07) is 4.87. The summed E-state index contributed by atoms with van der Waals surface area (Å²) in [5, 5.41) is 0.860. The molecule has 1 saturated heterocycles. The second kappa shape index (κ2) is 6.22. The van der Waals surface area contributed by atoms with E-state index in [9.17, 15) is 14.4 Å². The van der Waals surface area contributed by atoms with Gasteiger partial charge in [0, 0.05) is 30.9 Å². The third-order valence-corrected chi connectivity index (χ3v) is 5.36. The summed E-state index contributed by atoms with van der Waals surface area (Å²) in [7, 11) is 0. The van der Waals surface area contributed by atoms with E-state index in [1.165, 1.54) is 12.3 Å². The second-order valence-electron chi connectivity index (χ2n) is 7.02. The highest BCUT2D eigenvalue weighted by Crippen LogP contribution is 2.28. The van der Waals surface area contributed by atoms with Crippen molar-refractivity contribution in [1.29, 1.82) is 0 Å². The molecule has 3 N–H and O–H groups in total. The van der Waals surface area contributed by atoms with Crippen LogP contribution in [0.1, 0.15) is 29.2 Å². The minimum atomic E-state index is -0.404. The predicted octanol–water partition coefficient (Wildman–Crippen LogP) is 1.37. The molecule has 0 aromatic carbocycles. The maximum Gasteiger partial charge on any atom is 0.326 e. The van der Waals surface area contributed by atoms with Crippen molar-refractivity contribution in [2.45, 2.75) is 18.9 Å². The smallest absolute Gasteiger partial charge is 0.326 e. The van der Waals surface area contributed by atoms with Gasteiger partial charge in [-0.2, -0.15) is 0 Å². The molecule has 5 heterocycles. The summed E-state index contributed by atoms with van der Waals surface area (Å²) >= 11 is 0. The zero-order valence-corrected chi connectivity index (χ0v) is 14.9.